The predicted octanol–water partition coefficient (Wildman–Crippen LogP) is 1.02. The van der Waals surface area contributed by atoms with Crippen LogP contribution in [0.3, 0.4) is 0 Å². The average molecular weight is 220 g/mol. The van der Waals surface area contributed by atoms with E-state index in [0.717, 1.165) is 18.6 Å². The first-order valence-corrected chi connectivity index (χ1v) is 5.57. The molecule has 6 heteroatoms. The normalized spacial score (nSPS) is 27.0. The van der Waals surface area contributed by atoms with Gasteiger partial charge in [-0.3, -0.25) is 10.1 Å². The first-order valence-electron chi connectivity index (χ1n) is 4.52. The van der Waals surface area contributed by atoms with Gasteiger partial charge in [0, 0.05) is 0 Å². The second-order valence-corrected chi connectivity index (χ2v) is 4.26. The van der Waals surface area contributed by atoms with E-state index >= 15 is 0 Å². The van der Waals surface area contributed by atoms with Gasteiger partial charge >= 0.3 is 6.03 Å². The fourth-order valence-electron chi connectivity index (χ4n) is 1.04. The van der Waals surface area contributed by atoms with E-state index in [0.29, 0.717) is 0 Å². The molecule has 14 heavy (non-hydrogen) atoms. The van der Waals surface area contributed by atoms with E-state index in [2.05, 4.69) is 5.32 Å². The zero-order chi connectivity index (χ0) is 10.6. The Balaban J connectivity index is 2.41. The summed E-state index contributed by atoms with van der Waals surface area (Å²) in [6.45, 7) is 2.03. The summed E-state index contributed by atoms with van der Waals surface area (Å²) in [6.07, 6.45) is 0.317. The molecule has 0 aromatic carbocycles. The van der Waals surface area contributed by atoms with Gasteiger partial charge in [-0.15, -0.1) is 11.8 Å². The van der Waals surface area contributed by atoms with Gasteiger partial charge in [-0.25, -0.2) is 9.18 Å². The van der Waals surface area contributed by atoms with E-state index < -0.39 is 23.5 Å². The Bertz CT molecular complexity index is 237. The van der Waals surface area contributed by atoms with Gasteiger partial charge in [0.2, 0.25) is 6.17 Å². The number of urea groups is 1. The largest absolute Gasteiger partial charge is 0.322 e. The van der Waals surface area contributed by atoms with Crippen LogP contribution < -0.4 is 10.6 Å². The molecule has 0 saturated carbocycles. The van der Waals surface area contributed by atoms with Crippen molar-refractivity contribution in [2.24, 2.45) is 0 Å². The number of halogens is 1. The van der Waals surface area contributed by atoms with Gasteiger partial charge in [-0.1, -0.05) is 13.3 Å². The van der Waals surface area contributed by atoms with Crippen molar-refractivity contribution in [2.75, 3.05) is 5.75 Å². The number of thioether (sulfide) groups is 1. The Morgan fingerprint density at radius 2 is 2.21 bits per heavy atom. The van der Waals surface area contributed by atoms with Gasteiger partial charge in [0.1, 0.15) is 5.37 Å². The summed E-state index contributed by atoms with van der Waals surface area (Å²) >= 11 is 1.27. The molecule has 0 spiro atoms. The molecule has 0 bridgehead atoms. The molecular formula is C8H13FN2O2S. The van der Waals surface area contributed by atoms with Crippen LogP contribution in [0.5, 0.6) is 0 Å². The monoisotopic (exact) mass is 220 g/mol. The van der Waals surface area contributed by atoms with Crippen LogP contribution in [0, 0.1) is 0 Å². The maximum atomic E-state index is 13.2. The molecule has 1 rings (SSSR count). The number of carbonyl (C=O) groups is 2. The summed E-state index contributed by atoms with van der Waals surface area (Å²) in [5.74, 6) is -0.0995. The molecule has 1 saturated heterocycles. The van der Waals surface area contributed by atoms with Crippen LogP contribution in [0.4, 0.5) is 9.18 Å². The predicted molar refractivity (Wildman–Crippen MR) is 52.7 cm³/mol. The van der Waals surface area contributed by atoms with Gasteiger partial charge in [0.05, 0.1) is 0 Å². The first kappa shape index (κ1) is 11.3. The van der Waals surface area contributed by atoms with Crippen LogP contribution in [0.25, 0.3) is 0 Å². The number of hydrogen-bond donors (Lipinski definition) is 2. The molecule has 1 aliphatic heterocycles. The Hall–Kier alpha value is -0.780. The van der Waals surface area contributed by atoms with Crippen molar-refractivity contribution in [3.8, 4) is 0 Å². The van der Waals surface area contributed by atoms with Crippen LogP contribution in [0.15, 0.2) is 0 Å². The van der Waals surface area contributed by atoms with Gasteiger partial charge in [-0.05, 0) is 12.2 Å². The van der Waals surface area contributed by atoms with E-state index in [1.54, 1.807) is 0 Å². The molecule has 1 fully saturated rings. The summed E-state index contributed by atoms with van der Waals surface area (Å²) < 4.78 is 13.2. The van der Waals surface area contributed by atoms with E-state index in [1.165, 1.54) is 11.8 Å². The number of carbonyl (C=O) groups excluding carboxylic acids is 2. The second-order valence-electron chi connectivity index (χ2n) is 3.01. The van der Waals surface area contributed by atoms with E-state index in [4.69, 9.17) is 0 Å². The zero-order valence-electron chi connectivity index (χ0n) is 7.88. The molecule has 3 amide bonds. The third-order valence-corrected chi connectivity index (χ3v) is 3.06. The Labute approximate surface area is 86.0 Å². The maximum absolute atomic E-state index is 13.2. The second kappa shape index (κ2) is 5.19. The molecule has 2 N–H and O–H groups in total. The summed E-state index contributed by atoms with van der Waals surface area (Å²) in [7, 11) is 0. The minimum Gasteiger partial charge on any atom is -0.322 e. The van der Waals surface area contributed by atoms with Crippen molar-refractivity contribution in [1.29, 1.82) is 0 Å². The first-order chi connectivity index (χ1) is 6.65. The quantitative estimate of drug-likeness (QED) is 0.695. The van der Waals surface area contributed by atoms with Crippen molar-refractivity contribution in [3.63, 3.8) is 0 Å². The maximum Gasteiger partial charge on any atom is 0.322 e. The van der Waals surface area contributed by atoms with Crippen molar-refractivity contribution in [2.45, 2.75) is 31.3 Å². The number of unbranched alkanes of at least 4 members (excludes halogenated alkanes) is 1. The SMILES string of the molecule is CCCCS[C@H]1NC(=O)NC(=O)[C@H]1F. The standard InChI is InChI=1S/C8H13FN2O2S/c1-2-3-4-14-7-5(9)6(12)10-8(13)11-7/h5,7H,2-4H2,1H3,(H2,10,11,12,13)/t5-,7-/m1/s1. The highest BCUT2D eigenvalue weighted by molar-refractivity contribution is 7.99. The molecule has 0 unspecified atom stereocenters. The highest BCUT2D eigenvalue weighted by Gasteiger charge is 2.35. The molecular weight excluding hydrogens is 207 g/mol. The van der Waals surface area contributed by atoms with E-state index in [1.807, 2.05) is 12.2 Å². The molecule has 0 aromatic heterocycles. The molecule has 0 aliphatic carbocycles. The summed E-state index contributed by atoms with van der Waals surface area (Å²) in [6, 6.07) is -0.613. The number of amides is 3. The molecule has 4 nitrogen and oxygen atoms in total. The number of imide groups is 1. The third kappa shape index (κ3) is 2.87. The highest BCUT2D eigenvalue weighted by Crippen LogP contribution is 2.18. The Kier molecular flexibility index (Phi) is 4.19. The topological polar surface area (TPSA) is 58.2 Å². The number of rotatable bonds is 4. The van der Waals surface area contributed by atoms with Crippen molar-refractivity contribution in [1.82, 2.24) is 10.6 Å². The van der Waals surface area contributed by atoms with Gasteiger partial charge in [0.15, 0.2) is 0 Å². The minimum atomic E-state index is -1.64. The fraction of sp³-hybridized carbons (Fsp3) is 0.750. The molecule has 0 aromatic rings. The fourth-order valence-corrected chi connectivity index (χ4v) is 2.23. The third-order valence-electron chi connectivity index (χ3n) is 1.82. The smallest absolute Gasteiger partial charge is 0.322 e. The summed E-state index contributed by atoms with van der Waals surface area (Å²) in [5, 5.41) is 3.51. The van der Waals surface area contributed by atoms with E-state index in [9.17, 15) is 14.0 Å². The Morgan fingerprint density at radius 1 is 1.50 bits per heavy atom. The lowest BCUT2D eigenvalue weighted by Gasteiger charge is -2.25. The summed E-state index contributed by atoms with van der Waals surface area (Å²) in [4.78, 5) is 21.7. The zero-order valence-corrected chi connectivity index (χ0v) is 8.70. The lowest BCUT2D eigenvalue weighted by Crippen LogP contribution is -2.58. The van der Waals surface area contributed by atoms with Gasteiger partial charge in [0.25, 0.3) is 5.91 Å². The van der Waals surface area contributed by atoms with E-state index in [-0.39, 0.29) is 0 Å². The molecule has 1 aliphatic rings. The Morgan fingerprint density at radius 3 is 2.86 bits per heavy atom. The highest BCUT2D eigenvalue weighted by atomic mass is 32.2. The van der Waals surface area contributed by atoms with Crippen LogP contribution in [0.1, 0.15) is 19.8 Å². The average Bonchev–Trinajstić information content (AvgIpc) is 2.13. The molecule has 80 valence electrons. The lowest BCUT2D eigenvalue weighted by molar-refractivity contribution is -0.125. The van der Waals surface area contributed by atoms with Crippen LogP contribution >= 0.6 is 11.8 Å². The van der Waals surface area contributed by atoms with Crippen molar-refractivity contribution < 1.29 is 14.0 Å². The number of alkyl halides is 1. The van der Waals surface area contributed by atoms with Crippen LogP contribution in [-0.4, -0.2) is 29.2 Å². The van der Waals surface area contributed by atoms with Gasteiger partial charge < -0.3 is 5.32 Å². The minimum absolute atomic E-state index is 0.613. The van der Waals surface area contributed by atoms with Crippen molar-refractivity contribution in [3.05, 3.63) is 0 Å². The number of nitrogens with one attached hydrogen (secondary N) is 2. The van der Waals surface area contributed by atoms with Crippen LogP contribution in [-0.2, 0) is 4.79 Å². The molecule has 2 atom stereocenters. The van der Waals surface area contributed by atoms with Crippen LogP contribution in [0.2, 0.25) is 0 Å². The molecule has 0 radical (unpaired) electrons. The van der Waals surface area contributed by atoms with Gasteiger partial charge in [-0.2, -0.15) is 0 Å². The molecule has 1 heterocycles. The van der Waals surface area contributed by atoms with Crippen molar-refractivity contribution >= 4 is 23.7 Å². The summed E-state index contributed by atoms with van der Waals surface area (Å²) in [5.41, 5.74) is 0. The lowest BCUT2D eigenvalue weighted by atomic mass is 10.3. The number of hydrogen-bond acceptors (Lipinski definition) is 3.